The second-order valence-electron chi connectivity index (χ2n) is 5.35. The summed E-state index contributed by atoms with van der Waals surface area (Å²) in [5, 5.41) is 0. The predicted molar refractivity (Wildman–Crippen MR) is 68.6 cm³/mol. The zero-order valence-electron chi connectivity index (χ0n) is 11.3. The van der Waals surface area contributed by atoms with Crippen LogP contribution in [-0.2, 0) is 9.53 Å². The first kappa shape index (κ1) is 14.5. The SMILES string of the molecule is COC1CCCN(C(=O)C(CN)CC(C)C)C1. The molecule has 4 heteroatoms. The molecule has 1 aliphatic heterocycles. The molecule has 2 N–H and O–H groups in total. The molecule has 2 atom stereocenters. The molecule has 0 bridgehead atoms. The predicted octanol–water partition coefficient (Wildman–Crippen LogP) is 1.24. The van der Waals surface area contributed by atoms with Gasteiger partial charge in [-0.1, -0.05) is 13.8 Å². The smallest absolute Gasteiger partial charge is 0.227 e. The van der Waals surface area contributed by atoms with E-state index in [1.807, 2.05) is 4.90 Å². The normalized spacial score (nSPS) is 22.9. The van der Waals surface area contributed by atoms with E-state index in [-0.39, 0.29) is 17.9 Å². The third-order valence-electron chi connectivity index (χ3n) is 3.41. The van der Waals surface area contributed by atoms with Crippen LogP contribution >= 0.6 is 0 Å². The van der Waals surface area contributed by atoms with Gasteiger partial charge in [-0.15, -0.1) is 0 Å². The third-order valence-corrected chi connectivity index (χ3v) is 3.41. The number of carbonyl (C=O) groups excluding carboxylic acids is 1. The standard InChI is InChI=1S/C13H26N2O2/c1-10(2)7-11(8-14)13(16)15-6-4-5-12(9-15)17-3/h10-12H,4-9,14H2,1-3H3. The highest BCUT2D eigenvalue weighted by Crippen LogP contribution is 2.18. The van der Waals surface area contributed by atoms with E-state index in [0.29, 0.717) is 12.5 Å². The molecule has 1 fully saturated rings. The van der Waals surface area contributed by atoms with Crippen molar-refractivity contribution in [3.05, 3.63) is 0 Å². The number of nitrogens with two attached hydrogens (primary N) is 1. The molecule has 0 aromatic carbocycles. The molecule has 17 heavy (non-hydrogen) atoms. The van der Waals surface area contributed by atoms with Gasteiger partial charge in [-0.2, -0.15) is 0 Å². The minimum atomic E-state index is -0.0226. The lowest BCUT2D eigenvalue weighted by molar-refractivity contribution is -0.139. The fourth-order valence-electron chi connectivity index (χ4n) is 2.46. The molecular formula is C13H26N2O2. The van der Waals surface area contributed by atoms with Gasteiger partial charge in [0.1, 0.15) is 0 Å². The summed E-state index contributed by atoms with van der Waals surface area (Å²) in [5.41, 5.74) is 5.72. The number of amides is 1. The molecule has 1 saturated heterocycles. The summed E-state index contributed by atoms with van der Waals surface area (Å²) in [7, 11) is 1.72. The maximum absolute atomic E-state index is 12.3. The lowest BCUT2D eigenvalue weighted by Gasteiger charge is -2.34. The lowest BCUT2D eigenvalue weighted by Crippen LogP contribution is -2.47. The maximum Gasteiger partial charge on any atom is 0.227 e. The van der Waals surface area contributed by atoms with Gasteiger partial charge in [-0.05, 0) is 25.2 Å². The third kappa shape index (κ3) is 4.28. The first-order chi connectivity index (χ1) is 8.08. The number of nitrogens with zero attached hydrogens (tertiary/aromatic N) is 1. The summed E-state index contributed by atoms with van der Waals surface area (Å²) in [5.74, 6) is 0.698. The van der Waals surface area contributed by atoms with Crippen molar-refractivity contribution in [1.82, 2.24) is 4.90 Å². The van der Waals surface area contributed by atoms with Gasteiger partial charge in [-0.25, -0.2) is 0 Å². The number of piperidine rings is 1. The molecule has 2 unspecified atom stereocenters. The van der Waals surface area contributed by atoms with E-state index in [1.54, 1.807) is 7.11 Å². The Hall–Kier alpha value is -0.610. The minimum absolute atomic E-state index is 0.0226. The summed E-state index contributed by atoms with van der Waals surface area (Å²) >= 11 is 0. The highest BCUT2D eigenvalue weighted by molar-refractivity contribution is 5.79. The second-order valence-corrected chi connectivity index (χ2v) is 5.35. The average Bonchev–Trinajstić information content (AvgIpc) is 2.35. The molecule has 0 radical (unpaired) electrons. The van der Waals surface area contributed by atoms with Crippen LogP contribution in [0.3, 0.4) is 0 Å². The van der Waals surface area contributed by atoms with Crippen molar-refractivity contribution < 1.29 is 9.53 Å². The van der Waals surface area contributed by atoms with Crippen molar-refractivity contribution in [3.63, 3.8) is 0 Å². The topological polar surface area (TPSA) is 55.6 Å². The maximum atomic E-state index is 12.3. The Kier molecular flexibility index (Phi) is 5.92. The number of hydrogen-bond donors (Lipinski definition) is 1. The van der Waals surface area contributed by atoms with Crippen LogP contribution in [0.1, 0.15) is 33.1 Å². The van der Waals surface area contributed by atoms with Crippen LogP contribution in [0.2, 0.25) is 0 Å². The lowest BCUT2D eigenvalue weighted by atomic mass is 9.95. The quantitative estimate of drug-likeness (QED) is 0.789. The van der Waals surface area contributed by atoms with E-state index in [1.165, 1.54) is 0 Å². The molecule has 0 saturated carbocycles. The molecular weight excluding hydrogens is 216 g/mol. The fraction of sp³-hybridized carbons (Fsp3) is 0.923. The number of rotatable bonds is 5. The van der Waals surface area contributed by atoms with Gasteiger partial charge >= 0.3 is 0 Å². The summed E-state index contributed by atoms with van der Waals surface area (Å²) in [4.78, 5) is 14.2. The first-order valence-electron chi connectivity index (χ1n) is 6.60. The second kappa shape index (κ2) is 6.97. The Morgan fingerprint density at radius 2 is 2.24 bits per heavy atom. The number of hydrogen-bond acceptors (Lipinski definition) is 3. The Bertz CT molecular complexity index is 244. The Morgan fingerprint density at radius 3 is 2.76 bits per heavy atom. The number of likely N-dealkylation sites (tertiary alicyclic amines) is 1. The molecule has 100 valence electrons. The fourth-order valence-corrected chi connectivity index (χ4v) is 2.46. The zero-order chi connectivity index (χ0) is 12.8. The van der Waals surface area contributed by atoms with E-state index in [4.69, 9.17) is 10.5 Å². The van der Waals surface area contributed by atoms with Crippen LogP contribution in [0.15, 0.2) is 0 Å². The number of methoxy groups -OCH3 is 1. The van der Waals surface area contributed by atoms with Gasteiger partial charge in [0, 0.05) is 26.7 Å². The summed E-state index contributed by atoms with van der Waals surface area (Å²) in [6, 6.07) is 0. The van der Waals surface area contributed by atoms with E-state index in [2.05, 4.69) is 13.8 Å². The van der Waals surface area contributed by atoms with Crippen LogP contribution in [0.5, 0.6) is 0 Å². The highest BCUT2D eigenvalue weighted by Gasteiger charge is 2.28. The van der Waals surface area contributed by atoms with Gasteiger partial charge < -0.3 is 15.4 Å². The van der Waals surface area contributed by atoms with Gasteiger partial charge in [-0.3, -0.25) is 4.79 Å². The van der Waals surface area contributed by atoms with Crippen molar-refractivity contribution in [3.8, 4) is 0 Å². The molecule has 4 nitrogen and oxygen atoms in total. The molecule has 0 aromatic heterocycles. The number of carbonyl (C=O) groups is 1. The molecule has 1 rings (SSSR count). The molecule has 0 spiro atoms. The summed E-state index contributed by atoms with van der Waals surface area (Å²) in [6.45, 7) is 6.29. The van der Waals surface area contributed by atoms with E-state index in [0.717, 1.165) is 32.4 Å². The van der Waals surface area contributed by atoms with Gasteiger partial charge in [0.25, 0.3) is 0 Å². The van der Waals surface area contributed by atoms with Crippen LogP contribution in [0.25, 0.3) is 0 Å². The van der Waals surface area contributed by atoms with Gasteiger partial charge in [0.2, 0.25) is 5.91 Å². The van der Waals surface area contributed by atoms with E-state index >= 15 is 0 Å². The average molecular weight is 242 g/mol. The van der Waals surface area contributed by atoms with Gasteiger partial charge in [0.15, 0.2) is 0 Å². The van der Waals surface area contributed by atoms with E-state index in [9.17, 15) is 4.79 Å². The van der Waals surface area contributed by atoms with Crippen LogP contribution in [0.4, 0.5) is 0 Å². The van der Waals surface area contributed by atoms with Crippen LogP contribution < -0.4 is 5.73 Å². The molecule has 0 aromatic rings. The van der Waals surface area contributed by atoms with Crippen molar-refractivity contribution in [2.75, 3.05) is 26.7 Å². The minimum Gasteiger partial charge on any atom is -0.380 e. The Morgan fingerprint density at radius 1 is 1.53 bits per heavy atom. The number of ether oxygens (including phenoxy) is 1. The molecule has 0 aliphatic carbocycles. The molecule has 1 amide bonds. The molecule has 1 aliphatic rings. The van der Waals surface area contributed by atoms with Crippen LogP contribution in [0, 0.1) is 11.8 Å². The molecule has 1 heterocycles. The van der Waals surface area contributed by atoms with Crippen molar-refractivity contribution >= 4 is 5.91 Å². The first-order valence-corrected chi connectivity index (χ1v) is 6.60. The highest BCUT2D eigenvalue weighted by atomic mass is 16.5. The summed E-state index contributed by atoms with van der Waals surface area (Å²) in [6.07, 6.45) is 3.16. The van der Waals surface area contributed by atoms with Crippen molar-refractivity contribution in [2.45, 2.75) is 39.2 Å². The Labute approximate surface area is 104 Å². The Balaban J connectivity index is 2.54. The zero-order valence-corrected chi connectivity index (χ0v) is 11.3. The van der Waals surface area contributed by atoms with Gasteiger partial charge in [0.05, 0.1) is 12.0 Å². The van der Waals surface area contributed by atoms with Crippen molar-refractivity contribution in [2.24, 2.45) is 17.6 Å². The van der Waals surface area contributed by atoms with E-state index < -0.39 is 0 Å². The largest absolute Gasteiger partial charge is 0.380 e. The van der Waals surface area contributed by atoms with Crippen molar-refractivity contribution in [1.29, 1.82) is 0 Å². The van der Waals surface area contributed by atoms with Crippen LogP contribution in [-0.4, -0.2) is 43.7 Å². The summed E-state index contributed by atoms with van der Waals surface area (Å²) < 4.78 is 5.34. The monoisotopic (exact) mass is 242 g/mol.